The van der Waals surface area contributed by atoms with Gasteiger partial charge >= 0.3 is 18.2 Å². The van der Waals surface area contributed by atoms with Gasteiger partial charge in [0.15, 0.2) is 6.04 Å². The van der Waals surface area contributed by atoms with Crippen molar-refractivity contribution in [1.82, 2.24) is 10.2 Å². The Morgan fingerprint density at radius 3 is 2.50 bits per heavy atom. The molecule has 0 bridgehead atoms. The number of rotatable bonds is 4. The number of nitrogens with zero attached hydrogens (tertiary/aromatic N) is 1. The molecular formula is C14H16N2O6. The van der Waals surface area contributed by atoms with Gasteiger partial charge in [-0.25, -0.2) is 14.4 Å². The number of aliphatic carboxylic acids is 1. The van der Waals surface area contributed by atoms with Crippen LogP contribution in [0.25, 0.3) is 0 Å². The van der Waals surface area contributed by atoms with Gasteiger partial charge in [-0.3, -0.25) is 4.90 Å². The molecule has 1 aliphatic rings. The lowest BCUT2D eigenvalue weighted by Gasteiger charge is -2.22. The molecule has 0 aliphatic carbocycles. The molecule has 0 spiro atoms. The quantitative estimate of drug-likeness (QED) is 0.767. The largest absolute Gasteiger partial charge is 0.480 e. The molecule has 1 saturated heterocycles. The van der Waals surface area contributed by atoms with Crippen molar-refractivity contribution in [2.75, 3.05) is 6.54 Å². The predicted octanol–water partition coefficient (Wildman–Crippen LogP) is 1.12. The number of ether oxygens (including phenoxy) is 1. The van der Waals surface area contributed by atoms with Crippen LogP contribution >= 0.6 is 0 Å². The van der Waals surface area contributed by atoms with E-state index < -0.39 is 30.2 Å². The first kappa shape index (κ1) is 15.6. The van der Waals surface area contributed by atoms with E-state index in [4.69, 9.17) is 14.9 Å². The van der Waals surface area contributed by atoms with Crippen molar-refractivity contribution in [2.24, 2.45) is 0 Å². The summed E-state index contributed by atoms with van der Waals surface area (Å²) < 4.78 is 5.00. The molecule has 8 heteroatoms. The van der Waals surface area contributed by atoms with E-state index in [2.05, 4.69) is 5.32 Å². The summed E-state index contributed by atoms with van der Waals surface area (Å²) in [6.45, 7) is 0.107. The van der Waals surface area contributed by atoms with Crippen molar-refractivity contribution in [3.05, 3.63) is 35.9 Å². The topological polar surface area (TPSA) is 116 Å². The maximum Gasteiger partial charge on any atom is 0.408 e. The Morgan fingerprint density at radius 2 is 1.91 bits per heavy atom. The lowest BCUT2D eigenvalue weighted by atomic mass is 10.1. The van der Waals surface area contributed by atoms with Gasteiger partial charge in [0.1, 0.15) is 6.61 Å². The van der Waals surface area contributed by atoms with Crippen LogP contribution < -0.4 is 5.32 Å². The Labute approximate surface area is 126 Å². The minimum absolute atomic E-state index is 0.0515. The van der Waals surface area contributed by atoms with E-state index in [1.165, 1.54) is 0 Å². The third-order valence-corrected chi connectivity index (χ3v) is 3.41. The molecular weight excluding hydrogens is 292 g/mol. The summed E-state index contributed by atoms with van der Waals surface area (Å²) in [7, 11) is 0. The molecule has 3 N–H and O–H groups in total. The zero-order valence-electron chi connectivity index (χ0n) is 11.6. The molecule has 118 valence electrons. The number of alkyl carbamates (subject to hydrolysis) is 1. The number of amides is 2. The summed E-state index contributed by atoms with van der Waals surface area (Å²) in [5.41, 5.74) is 0.797. The third kappa shape index (κ3) is 3.66. The Kier molecular flexibility index (Phi) is 4.82. The van der Waals surface area contributed by atoms with Crippen LogP contribution in [0.3, 0.4) is 0 Å². The van der Waals surface area contributed by atoms with Crippen LogP contribution in [0.5, 0.6) is 0 Å². The zero-order chi connectivity index (χ0) is 16.1. The van der Waals surface area contributed by atoms with Crippen LogP contribution in [0.15, 0.2) is 30.3 Å². The fourth-order valence-electron chi connectivity index (χ4n) is 2.38. The van der Waals surface area contributed by atoms with E-state index in [-0.39, 0.29) is 19.6 Å². The average Bonchev–Trinajstić information content (AvgIpc) is 2.90. The highest BCUT2D eigenvalue weighted by atomic mass is 16.5. The Hall–Kier alpha value is -2.77. The smallest absolute Gasteiger partial charge is 0.408 e. The van der Waals surface area contributed by atoms with Gasteiger partial charge in [0.05, 0.1) is 6.04 Å². The van der Waals surface area contributed by atoms with Crippen LogP contribution in [0, 0.1) is 0 Å². The minimum Gasteiger partial charge on any atom is -0.480 e. The summed E-state index contributed by atoms with van der Waals surface area (Å²) in [6.07, 6.45) is -1.87. The van der Waals surface area contributed by atoms with Crippen LogP contribution in [0.4, 0.5) is 9.59 Å². The second-order valence-electron chi connectivity index (χ2n) is 4.86. The zero-order valence-corrected chi connectivity index (χ0v) is 11.6. The standard InChI is InChI=1S/C14H16N2O6/c17-12(18)11-10(6-7-16(11)14(20)21)15-13(19)22-8-9-4-2-1-3-5-9/h1-5,10-11H,6-8H2,(H,15,19)(H,17,18)(H,20,21). The average molecular weight is 308 g/mol. The maximum atomic E-state index is 11.7. The molecule has 1 aromatic carbocycles. The molecule has 2 rings (SSSR count). The Bertz CT molecular complexity index is 562. The Balaban J connectivity index is 1.90. The monoisotopic (exact) mass is 308 g/mol. The van der Waals surface area contributed by atoms with Gasteiger partial charge in [-0.15, -0.1) is 0 Å². The normalized spacial score (nSPS) is 20.5. The van der Waals surface area contributed by atoms with Gasteiger partial charge in [-0.05, 0) is 12.0 Å². The number of carbonyl (C=O) groups is 3. The molecule has 1 aromatic rings. The predicted molar refractivity (Wildman–Crippen MR) is 74.3 cm³/mol. The van der Waals surface area contributed by atoms with E-state index >= 15 is 0 Å². The van der Waals surface area contributed by atoms with Crippen molar-refractivity contribution in [2.45, 2.75) is 25.1 Å². The minimum atomic E-state index is -1.32. The van der Waals surface area contributed by atoms with Crippen molar-refractivity contribution >= 4 is 18.2 Å². The maximum absolute atomic E-state index is 11.7. The van der Waals surface area contributed by atoms with Crippen LogP contribution in [0.2, 0.25) is 0 Å². The first-order valence-electron chi connectivity index (χ1n) is 6.68. The molecule has 1 heterocycles. The summed E-state index contributed by atoms with van der Waals surface area (Å²) in [4.78, 5) is 34.7. The summed E-state index contributed by atoms with van der Waals surface area (Å²) in [6, 6.07) is 6.90. The SMILES string of the molecule is O=C(NC1CCN(C(=O)O)C1C(=O)O)OCc1ccccc1. The molecule has 0 saturated carbocycles. The number of hydrogen-bond donors (Lipinski definition) is 3. The highest BCUT2D eigenvalue weighted by Crippen LogP contribution is 2.18. The van der Waals surface area contributed by atoms with Crippen LogP contribution in [0.1, 0.15) is 12.0 Å². The molecule has 1 aliphatic heterocycles. The molecule has 2 amide bonds. The van der Waals surface area contributed by atoms with Gasteiger partial charge in [0, 0.05) is 6.54 Å². The lowest BCUT2D eigenvalue weighted by Crippen LogP contribution is -2.50. The number of hydrogen-bond acceptors (Lipinski definition) is 4. The van der Waals surface area contributed by atoms with Gasteiger partial charge < -0.3 is 20.3 Å². The first-order chi connectivity index (χ1) is 10.5. The van der Waals surface area contributed by atoms with Gasteiger partial charge in [0.25, 0.3) is 0 Å². The van der Waals surface area contributed by atoms with Gasteiger partial charge in [0.2, 0.25) is 0 Å². The first-order valence-corrected chi connectivity index (χ1v) is 6.68. The number of carboxylic acid groups (broad SMARTS) is 2. The van der Waals surface area contributed by atoms with E-state index in [0.717, 1.165) is 10.5 Å². The summed E-state index contributed by atoms with van der Waals surface area (Å²) >= 11 is 0. The number of likely N-dealkylation sites (tertiary alicyclic amines) is 1. The summed E-state index contributed by atoms with van der Waals surface area (Å²) in [5.74, 6) is -1.30. The van der Waals surface area contributed by atoms with E-state index in [1.807, 2.05) is 6.07 Å². The number of benzene rings is 1. The Morgan fingerprint density at radius 1 is 1.23 bits per heavy atom. The van der Waals surface area contributed by atoms with E-state index in [9.17, 15) is 14.4 Å². The third-order valence-electron chi connectivity index (χ3n) is 3.41. The fourth-order valence-corrected chi connectivity index (χ4v) is 2.38. The van der Waals surface area contributed by atoms with Crippen molar-refractivity contribution in [1.29, 1.82) is 0 Å². The number of carbonyl (C=O) groups excluding carboxylic acids is 1. The second-order valence-corrected chi connectivity index (χ2v) is 4.86. The van der Waals surface area contributed by atoms with Crippen molar-refractivity contribution in [3.8, 4) is 0 Å². The molecule has 2 unspecified atom stereocenters. The van der Waals surface area contributed by atoms with Crippen LogP contribution in [-0.4, -0.2) is 51.9 Å². The molecule has 22 heavy (non-hydrogen) atoms. The highest BCUT2D eigenvalue weighted by Gasteiger charge is 2.43. The highest BCUT2D eigenvalue weighted by molar-refractivity contribution is 5.82. The molecule has 1 fully saturated rings. The van der Waals surface area contributed by atoms with Crippen LogP contribution in [-0.2, 0) is 16.1 Å². The van der Waals surface area contributed by atoms with E-state index in [1.54, 1.807) is 24.3 Å². The fraction of sp³-hybridized carbons (Fsp3) is 0.357. The van der Waals surface area contributed by atoms with E-state index in [0.29, 0.717) is 0 Å². The van der Waals surface area contributed by atoms with Gasteiger partial charge in [-0.1, -0.05) is 30.3 Å². The summed E-state index contributed by atoms with van der Waals surface area (Å²) in [5, 5.41) is 20.5. The van der Waals surface area contributed by atoms with Crippen molar-refractivity contribution < 1.29 is 29.3 Å². The second kappa shape index (κ2) is 6.79. The number of carboxylic acids is 1. The number of nitrogens with one attached hydrogen (secondary N) is 1. The molecule has 2 atom stereocenters. The molecule has 0 radical (unpaired) electrons. The van der Waals surface area contributed by atoms with Gasteiger partial charge in [-0.2, -0.15) is 0 Å². The molecule has 0 aromatic heterocycles. The lowest BCUT2D eigenvalue weighted by molar-refractivity contribution is -0.142. The van der Waals surface area contributed by atoms with Crippen molar-refractivity contribution in [3.63, 3.8) is 0 Å². The molecule has 8 nitrogen and oxygen atoms in total.